The summed E-state index contributed by atoms with van der Waals surface area (Å²) in [6.07, 6.45) is 7.32. The van der Waals surface area contributed by atoms with Crippen LogP contribution >= 0.6 is 0 Å². The number of para-hydroxylation sites is 1. The number of hydrogen-bond acceptors (Lipinski definition) is 2. The first kappa shape index (κ1) is 14.4. The monoisotopic (exact) mass is 261 g/mol. The van der Waals surface area contributed by atoms with E-state index in [4.69, 9.17) is 10.5 Å². The third-order valence-corrected chi connectivity index (χ3v) is 4.24. The number of benzene rings is 1. The van der Waals surface area contributed by atoms with Crippen molar-refractivity contribution < 1.29 is 4.74 Å². The van der Waals surface area contributed by atoms with Gasteiger partial charge >= 0.3 is 0 Å². The normalized spacial score (nSPS) is 17.6. The van der Waals surface area contributed by atoms with Crippen molar-refractivity contribution in [3.05, 3.63) is 29.3 Å². The van der Waals surface area contributed by atoms with E-state index < -0.39 is 0 Å². The van der Waals surface area contributed by atoms with Crippen molar-refractivity contribution in [2.45, 2.75) is 58.4 Å². The lowest BCUT2D eigenvalue weighted by molar-refractivity contribution is 0.248. The number of ether oxygens (including phenoxy) is 1. The Balaban J connectivity index is 2.03. The van der Waals surface area contributed by atoms with Crippen LogP contribution in [0.3, 0.4) is 0 Å². The highest BCUT2D eigenvalue weighted by Crippen LogP contribution is 2.29. The third kappa shape index (κ3) is 3.97. The van der Waals surface area contributed by atoms with Crippen molar-refractivity contribution in [2.75, 3.05) is 6.61 Å². The minimum Gasteiger partial charge on any atom is -0.493 e. The smallest absolute Gasteiger partial charge is 0.125 e. The largest absolute Gasteiger partial charge is 0.493 e. The molecule has 1 saturated carbocycles. The van der Waals surface area contributed by atoms with E-state index in [0.29, 0.717) is 0 Å². The molecule has 2 nitrogen and oxygen atoms in total. The van der Waals surface area contributed by atoms with Crippen LogP contribution in [0.5, 0.6) is 5.75 Å². The van der Waals surface area contributed by atoms with Gasteiger partial charge in [-0.2, -0.15) is 0 Å². The molecule has 1 aliphatic rings. The second-order valence-corrected chi connectivity index (χ2v) is 5.90. The molecule has 0 heterocycles. The molecule has 1 unspecified atom stereocenters. The Hall–Kier alpha value is -1.02. The summed E-state index contributed by atoms with van der Waals surface area (Å²) >= 11 is 0. The molecule has 1 aromatic carbocycles. The third-order valence-electron chi connectivity index (χ3n) is 4.24. The zero-order chi connectivity index (χ0) is 13.7. The molecule has 0 saturated heterocycles. The van der Waals surface area contributed by atoms with Crippen LogP contribution in [0.1, 0.15) is 50.2 Å². The second-order valence-electron chi connectivity index (χ2n) is 5.90. The summed E-state index contributed by atoms with van der Waals surface area (Å²) in [5.41, 5.74) is 8.59. The number of rotatable bonds is 6. The Morgan fingerprint density at radius 2 is 2.05 bits per heavy atom. The molecule has 2 N–H and O–H groups in total. The fraction of sp³-hybridized carbons (Fsp3) is 0.647. The first-order valence-corrected chi connectivity index (χ1v) is 7.67. The maximum atomic E-state index is 6.14. The van der Waals surface area contributed by atoms with Crippen molar-refractivity contribution in [1.29, 1.82) is 0 Å². The standard InChI is InChI=1S/C17H27NO/c1-3-16(18)11-15-10-6-7-13(2)17(15)19-12-14-8-4-5-9-14/h6-7,10,14,16H,3-5,8-9,11-12,18H2,1-2H3. The molecular formula is C17H27NO. The molecule has 1 aliphatic carbocycles. The van der Waals surface area contributed by atoms with Crippen molar-refractivity contribution in [2.24, 2.45) is 11.7 Å². The van der Waals surface area contributed by atoms with Gasteiger partial charge in [0.1, 0.15) is 5.75 Å². The van der Waals surface area contributed by atoms with Crippen LogP contribution in [0.4, 0.5) is 0 Å². The van der Waals surface area contributed by atoms with Crippen LogP contribution in [0, 0.1) is 12.8 Å². The summed E-state index contributed by atoms with van der Waals surface area (Å²) in [6.45, 7) is 5.14. The predicted octanol–water partition coefficient (Wildman–Crippen LogP) is 3.84. The zero-order valence-electron chi connectivity index (χ0n) is 12.3. The van der Waals surface area contributed by atoms with Gasteiger partial charge in [0.25, 0.3) is 0 Å². The molecule has 0 bridgehead atoms. The fourth-order valence-corrected chi connectivity index (χ4v) is 2.89. The molecule has 2 rings (SSSR count). The molecule has 0 radical (unpaired) electrons. The van der Waals surface area contributed by atoms with Gasteiger partial charge in [-0.05, 0) is 49.7 Å². The first-order valence-electron chi connectivity index (χ1n) is 7.67. The average molecular weight is 261 g/mol. The van der Waals surface area contributed by atoms with Gasteiger partial charge in [-0.1, -0.05) is 38.0 Å². The van der Waals surface area contributed by atoms with Crippen LogP contribution in [-0.2, 0) is 6.42 Å². The van der Waals surface area contributed by atoms with E-state index in [1.165, 1.54) is 36.8 Å². The SMILES string of the molecule is CCC(N)Cc1cccc(C)c1OCC1CCCC1. The van der Waals surface area contributed by atoms with Gasteiger partial charge in [-0.15, -0.1) is 0 Å². The Kier molecular flexibility index (Phi) is 5.26. The van der Waals surface area contributed by atoms with E-state index in [-0.39, 0.29) is 6.04 Å². The quantitative estimate of drug-likeness (QED) is 0.844. The van der Waals surface area contributed by atoms with Gasteiger partial charge in [0, 0.05) is 6.04 Å². The molecular weight excluding hydrogens is 234 g/mol. The first-order chi connectivity index (χ1) is 9.20. The number of aryl methyl sites for hydroxylation is 1. The molecule has 1 aromatic rings. The highest BCUT2D eigenvalue weighted by atomic mass is 16.5. The minimum atomic E-state index is 0.232. The van der Waals surface area contributed by atoms with Crippen molar-refractivity contribution in [3.8, 4) is 5.75 Å². The van der Waals surface area contributed by atoms with Gasteiger partial charge in [0.2, 0.25) is 0 Å². The Morgan fingerprint density at radius 1 is 1.32 bits per heavy atom. The van der Waals surface area contributed by atoms with Crippen molar-refractivity contribution in [1.82, 2.24) is 0 Å². The molecule has 2 heteroatoms. The van der Waals surface area contributed by atoms with Crippen LogP contribution < -0.4 is 10.5 Å². The van der Waals surface area contributed by atoms with Gasteiger partial charge in [-0.3, -0.25) is 0 Å². The molecule has 0 aliphatic heterocycles. The molecule has 0 amide bonds. The van der Waals surface area contributed by atoms with Crippen LogP contribution in [-0.4, -0.2) is 12.6 Å². The summed E-state index contributed by atoms with van der Waals surface area (Å²) in [5, 5.41) is 0. The van der Waals surface area contributed by atoms with Crippen LogP contribution in [0.15, 0.2) is 18.2 Å². The zero-order valence-corrected chi connectivity index (χ0v) is 12.3. The number of hydrogen-bond donors (Lipinski definition) is 1. The van der Waals surface area contributed by atoms with Gasteiger partial charge in [0.05, 0.1) is 6.61 Å². The van der Waals surface area contributed by atoms with Crippen molar-refractivity contribution in [3.63, 3.8) is 0 Å². The Morgan fingerprint density at radius 3 is 2.74 bits per heavy atom. The van der Waals surface area contributed by atoms with E-state index in [2.05, 4.69) is 32.0 Å². The van der Waals surface area contributed by atoms with Crippen LogP contribution in [0.2, 0.25) is 0 Å². The Labute approximate surface area is 117 Å². The highest BCUT2D eigenvalue weighted by molar-refractivity contribution is 5.41. The lowest BCUT2D eigenvalue weighted by atomic mass is 10.0. The lowest BCUT2D eigenvalue weighted by Gasteiger charge is -2.18. The second kappa shape index (κ2) is 6.95. The van der Waals surface area contributed by atoms with Crippen molar-refractivity contribution >= 4 is 0 Å². The van der Waals surface area contributed by atoms with Gasteiger partial charge in [0.15, 0.2) is 0 Å². The van der Waals surface area contributed by atoms with E-state index in [1.54, 1.807) is 0 Å². The molecule has 1 atom stereocenters. The highest BCUT2D eigenvalue weighted by Gasteiger charge is 2.17. The maximum absolute atomic E-state index is 6.14. The summed E-state index contributed by atoms with van der Waals surface area (Å²) in [7, 11) is 0. The molecule has 0 spiro atoms. The summed E-state index contributed by atoms with van der Waals surface area (Å²) in [5.74, 6) is 1.84. The van der Waals surface area contributed by atoms with E-state index in [1.807, 2.05) is 0 Å². The molecule has 0 aromatic heterocycles. The lowest BCUT2D eigenvalue weighted by Crippen LogP contribution is -2.22. The van der Waals surface area contributed by atoms with E-state index in [9.17, 15) is 0 Å². The van der Waals surface area contributed by atoms with E-state index in [0.717, 1.165) is 31.1 Å². The summed E-state index contributed by atoms with van der Waals surface area (Å²) < 4.78 is 6.14. The number of nitrogens with two attached hydrogens (primary N) is 1. The van der Waals surface area contributed by atoms with Gasteiger partial charge in [-0.25, -0.2) is 0 Å². The fourth-order valence-electron chi connectivity index (χ4n) is 2.89. The minimum absolute atomic E-state index is 0.232. The molecule has 19 heavy (non-hydrogen) atoms. The summed E-state index contributed by atoms with van der Waals surface area (Å²) in [4.78, 5) is 0. The Bertz CT molecular complexity index is 396. The topological polar surface area (TPSA) is 35.2 Å². The maximum Gasteiger partial charge on any atom is 0.125 e. The molecule has 1 fully saturated rings. The van der Waals surface area contributed by atoms with Gasteiger partial charge < -0.3 is 10.5 Å². The average Bonchev–Trinajstić information content (AvgIpc) is 2.91. The summed E-state index contributed by atoms with van der Waals surface area (Å²) in [6, 6.07) is 6.63. The predicted molar refractivity (Wildman–Crippen MR) is 80.6 cm³/mol. The molecule has 106 valence electrons. The van der Waals surface area contributed by atoms with E-state index >= 15 is 0 Å². The van der Waals surface area contributed by atoms with Crippen LogP contribution in [0.25, 0.3) is 0 Å².